The Morgan fingerprint density at radius 1 is 1.05 bits per heavy atom. The van der Waals surface area contributed by atoms with Crippen LogP contribution < -0.4 is 19.5 Å². The largest absolute Gasteiger partial charge is 0.497 e. The zero-order valence-electron chi connectivity index (χ0n) is 20.3. The third-order valence-electron chi connectivity index (χ3n) is 5.37. The van der Waals surface area contributed by atoms with E-state index in [-0.39, 0.29) is 18.2 Å². The lowest BCUT2D eigenvalue weighted by atomic mass is 10.1. The Hall–Kier alpha value is -3.67. The molecule has 8 nitrogen and oxygen atoms in total. The molecule has 12 heteroatoms. The highest BCUT2D eigenvalue weighted by Gasteiger charge is 2.20. The van der Waals surface area contributed by atoms with Crippen molar-refractivity contribution in [3.05, 3.63) is 82.7 Å². The molecule has 0 saturated carbocycles. The average molecular weight is 561 g/mol. The van der Waals surface area contributed by atoms with Crippen molar-refractivity contribution in [2.24, 2.45) is 0 Å². The molecular formula is C26H23ClF2N4O4S. The number of nitrogens with one attached hydrogen (secondary N) is 2. The molecule has 1 amide bonds. The third kappa shape index (κ3) is 6.80. The molecule has 3 aromatic carbocycles. The molecule has 0 spiro atoms. The molecule has 0 atom stereocenters. The van der Waals surface area contributed by atoms with E-state index in [0.29, 0.717) is 44.8 Å². The van der Waals surface area contributed by atoms with Gasteiger partial charge in [0.25, 0.3) is 5.89 Å². The number of aromatic nitrogens is 2. The van der Waals surface area contributed by atoms with Gasteiger partial charge in [0.2, 0.25) is 11.8 Å². The maximum atomic E-state index is 13.0. The lowest BCUT2D eigenvalue weighted by Crippen LogP contribution is -2.14. The van der Waals surface area contributed by atoms with Crippen LogP contribution in [-0.2, 0) is 17.8 Å². The minimum atomic E-state index is -2.89. The molecule has 0 aliphatic heterocycles. The van der Waals surface area contributed by atoms with E-state index >= 15 is 0 Å². The van der Waals surface area contributed by atoms with Gasteiger partial charge in [0.1, 0.15) is 11.5 Å². The first-order valence-corrected chi connectivity index (χ1v) is 12.5. The van der Waals surface area contributed by atoms with E-state index in [1.165, 1.54) is 11.9 Å². The van der Waals surface area contributed by atoms with Gasteiger partial charge in [-0.25, -0.2) is 0 Å². The number of alkyl halides is 2. The van der Waals surface area contributed by atoms with Crippen molar-refractivity contribution in [3.8, 4) is 23.0 Å². The van der Waals surface area contributed by atoms with Crippen molar-refractivity contribution in [3.63, 3.8) is 0 Å². The van der Waals surface area contributed by atoms with Crippen LogP contribution in [0.2, 0.25) is 5.02 Å². The Labute approximate surface area is 226 Å². The first-order valence-electron chi connectivity index (χ1n) is 11.3. The highest BCUT2D eigenvalue weighted by Crippen LogP contribution is 2.34. The number of hydrogen-bond donors (Lipinski definition) is 2. The summed E-state index contributed by atoms with van der Waals surface area (Å²) in [6.45, 7) is 0.395. The molecule has 0 bridgehead atoms. The molecule has 1 aromatic heterocycles. The standard InChI is InChI=1S/C26H23ClF2N4O4S/c1-35-18-9-7-16(21(13-18)36-2)14-30-38-22-12-17(31-23(34)11-15-5-3-4-6-20(15)27)8-10-19(22)25-32-33-26(37-25)24(28)29/h3-10,12-13,24,30H,11,14H2,1-2H3,(H,31,34). The Bertz CT molecular complexity index is 1420. The summed E-state index contributed by atoms with van der Waals surface area (Å²) in [5, 5.41) is 10.5. The molecule has 0 radical (unpaired) electrons. The summed E-state index contributed by atoms with van der Waals surface area (Å²) >= 11 is 7.38. The number of ether oxygens (including phenoxy) is 2. The fraction of sp³-hybridized carbons (Fsp3) is 0.192. The van der Waals surface area contributed by atoms with Crippen molar-refractivity contribution in [1.82, 2.24) is 14.9 Å². The topological polar surface area (TPSA) is 98.5 Å². The Kier molecular flexibility index (Phi) is 9.16. The van der Waals surface area contributed by atoms with Gasteiger partial charge in [-0.1, -0.05) is 35.9 Å². The Balaban J connectivity index is 1.54. The summed E-state index contributed by atoms with van der Waals surface area (Å²) in [6, 6.07) is 17.5. The van der Waals surface area contributed by atoms with Crippen molar-refractivity contribution in [1.29, 1.82) is 0 Å². The smallest absolute Gasteiger partial charge is 0.314 e. The fourth-order valence-electron chi connectivity index (χ4n) is 3.50. The van der Waals surface area contributed by atoms with E-state index in [4.69, 9.17) is 25.5 Å². The predicted octanol–water partition coefficient (Wildman–Crippen LogP) is 6.32. The van der Waals surface area contributed by atoms with Crippen LogP contribution in [0.25, 0.3) is 11.5 Å². The van der Waals surface area contributed by atoms with E-state index in [1.807, 2.05) is 12.1 Å². The summed E-state index contributed by atoms with van der Waals surface area (Å²) in [6.07, 6.45) is -2.81. The van der Waals surface area contributed by atoms with Gasteiger partial charge in [-0.3, -0.25) is 9.52 Å². The second-order valence-corrected chi connectivity index (χ2v) is 9.21. The van der Waals surface area contributed by atoms with Gasteiger partial charge in [0.15, 0.2) is 0 Å². The minimum Gasteiger partial charge on any atom is -0.497 e. The van der Waals surface area contributed by atoms with Gasteiger partial charge in [-0.2, -0.15) is 8.78 Å². The lowest BCUT2D eigenvalue weighted by molar-refractivity contribution is -0.115. The second-order valence-electron chi connectivity index (χ2n) is 7.87. The van der Waals surface area contributed by atoms with Crippen molar-refractivity contribution < 1.29 is 27.5 Å². The summed E-state index contributed by atoms with van der Waals surface area (Å²) in [4.78, 5) is 13.2. The SMILES string of the molecule is COc1ccc(CNSc2cc(NC(=O)Cc3ccccc3Cl)ccc2-c2nnc(C(F)F)o2)c(OC)c1. The van der Waals surface area contributed by atoms with Crippen molar-refractivity contribution >= 4 is 35.1 Å². The fourth-order valence-corrected chi connectivity index (χ4v) is 4.54. The van der Waals surface area contributed by atoms with Crippen LogP contribution in [0.4, 0.5) is 14.5 Å². The number of carbonyl (C=O) groups is 1. The molecule has 0 aliphatic carbocycles. The van der Waals surface area contributed by atoms with E-state index in [0.717, 1.165) is 5.56 Å². The molecule has 0 aliphatic rings. The van der Waals surface area contributed by atoms with Crippen molar-refractivity contribution in [2.45, 2.75) is 24.3 Å². The Morgan fingerprint density at radius 2 is 1.87 bits per heavy atom. The molecule has 2 N–H and O–H groups in total. The van der Waals surface area contributed by atoms with Gasteiger partial charge in [-0.05, 0) is 47.8 Å². The number of methoxy groups -OCH3 is 2. The first kappa shape index (κ1) is 27.4. The monoisotopic (exact) mass is 560 g/mol. The van der Waals surface area contributed by atoms with Crippen molar-refractivity contribution in [2.75, 3.05) is 19.5 Å². The molecule has 0 unspecified atom stereocenters. The van der Waals surface area contributed by atoms with Gasteiger partial charge < -0.3 is 19.2 Å². The van der Waals surface area contributed by atoms with E-state index in [9.17, 15) is 13.6 Å². The first-order chi connectivity index (χ1) is 18.4. The van der Waals surface area contributed by atoms with Crippen LogP contribution in [0.3, 0.4) is 0 Å². The van der Waals surface area contributed by atoms with Crippen LogP contribution in [-0.4, -0.2) is 30.3 Å². The quantitative estimate of drug-likeness (QED) is 0.206. The summed E-state index contributed by atoms with van der Waals surface area (Å²) in [5.41, 5.74) is 2.47. The van der Waals surface area contributed by atoms with E-state index in [2.05, 4.69) is 20.2 Å². The number of benzene rings is 3. The number of nitrogens with zero attached hydrogens (tertiary/aromatic N) is 2. The van der Waals surface area contributed by atoms with E-state index in [1.54, 1.807) is 62.8 Å². The summed E-state index contributed by atoms with van der Waals surface area (Å²) in [7, 11) is 3.13. The van der Waals surface area contributed by atoms with Crippen LogP contribution >= 0.6 is 23.5 Å². The third-order valence-corrected chi connectivity index (χ3v) is 6.59. The zero-order chi connectivity index (χ0) is 27.1. The van der Waals surface area contributed by atoms with Gasteiger partial charge in [-0.15, -0.1) is 10.2 Å². The van der Waals surface area contributed by atoms with Gasteiger partial charge in [0.05, 0.1) is 26.2 Å². The Morgan fingerprint density at radius 3 is 2.58 bits per heavy atom. The molecule has 38 heavy (non-hydrogen) atoms. The normalized spacial score (nSPS) is 11.0. The molecule has 0 fully saturated rings. The van der Waals surface area contributed by atoms with E-state index < -0.39 is 12.3 Å². The molecule has 198 valence electrons. The molecule has 4 rings (SSSR count). The number of carbonyl (C=O) groups excluding carboxylic acids is 1. The number of rotatable bonds is 11. The maximum Gasteiger partial charge on any atom is 0.314 e. The molecular weight excluding hydrogens is 538 g/mol. The number of amides is 1. The van der Waals surface area contributed by atoms with Crippen LogP contribution in [0.1, 0.15) is 23.4 Å². The number of anilines is 1. The minimum absolute atomic E-state index is 0.0689. The zero-order valence-corrected chi connectivity index (χ0v) is 21.9. The maximum absolute atomic E-state index is 13.0. The van der Waals surface area contributed by atoms with Gasteiger partial charge in [0, 0.05) is 33.8 Å². The van der Waals surface area contributed by atoms with Crippen LogP contribution in [0.5, 0.6) is 11.5 Å². The van der Waals surface area contributed by atoms with Crippen LogP contribution in [0.15, 0.2) is 70.0 Å². The summed E-state index contributed by atoms with van der Waals surface area (Å²) < 4.78 is 45.1. The van der Waals surface area contributed by atoms with Gasteiger partial charge >= 0.3 is 6.43 Å². The highest BCUT2D eigenvalue weighted by atomic mass is 35.5. The lowest BCUT2D eigenvalue weighted by Gasteiger charge is -2.13. The number of hydrogen-bond acceptors (Lipinski definition) is 8. The second kappa shape index (κ2) is 12.7. The average Bonchev–Trinajstić information content (AvgIpc) is 3.41. The van der Waals surface area contributed by atoms with Crippen LogP contribution in [0, 0.1) is 0 Å². The molecule has 1 heterocycles. The molecule has 4 aromatic rings. The predicted molar refractivity (Wildman–Crippen MR) is 141 cm³/mol. The molecule has 0 saturated heterocycles. The summed E-state index contributed by atoms with van der Waals surface area (Å²) in [5.74, 6) is 0.184. The highest BCUT2D eigenvalue weighted by molar-refractivity contribution is 7.97. The number of halogens is 3.